The summed E-state index contributed by atoms with van der Waals surface area (Å²) in [6.07, 6.45) is 1.32. The van der Waals surface area contributed by atoms with Crippen LogP contribution in [0, 0.1) is 18.3 Å². The summed E-state index contributed by atoms with van der Waals surface area (Å²) in [6, 6.07) is 9.43. The van der Waals surface area contributed by atoms with E-state index in [0.29, 0.717) is 6.54 Å². The normalized spacial score (nSPS) is 10.2. The van der Waals surface area contributed by atoms with E-state index in [0.717, 1.165) is 15.7 Å². The van der Waals surface area contributed by atoms with E-state index < -0.39 is 11.2 Å². The summed E-state index contributed by atoms with van der Waals surface area (Å²) in [6.45, 7) is 4.36. The molecule has 0 unspecified atom stereocenters. The fraction of sp³-hybridized carbons (Fsp3) is 0.267. The summed E-state index contributed by atoms with van der Waals surface area (Å²) in [7, 11) is 0. The Morgan fingerprint density at radius 1 is 1.20 bits per heavy atom. The molecule has 5 nitrogen and oxygen atoms in total. The van der Waals surface area contributed by atoms with Crippen LogP contribution < -0.4 is 11.2 Å². The molecule has 0 atom stereocenters. The molecule has 0 aliphatic carbocycles. The first-order valence-electron chi connectivity index (χ1n) is 6.36. The van der Waals surface area contributed by atoms with Gasteiger partial charge in [0.25, 0.3) is 5.56 Å². The summed E-state index contributed by atoms with van der Waals surface area (Å²) < 4.78 is 2.47. The van der Waals surface area contributed by atoms with Crippen LogP contribution in [0.1, 0.15) is 23.6 Å². The van der Waals surface area contributed by atoms with Gasteiger partial charge in [-0.05, 0) is 19.4 Å². The highest BCUT2D eigenvalue weighted by atomic mass is 16.2. The molecule has 1 aromatic heterocycles. The van der Waals surface area contributed by atoms with Crippen LogP contribution in [0.3, 0.4) is 0 Å². The number of aryl methyl sites for hydroxylation is 2. The lowest BCUT2D eigenvalue weighted by molar-refractivity contribution is 0.597. The maximum absolute atomic E-state index is 12.2. The number of nitriles is 1. The van der Waals surface area contributed by atoms with Gasteiger partial charge >= 0.3 is 5.69 Å². The van der Waals surface area contributed by atoms with Crippen molar-refractivity contribution in [2.24, 2.45) is 0 Å². The average Bonchev–Trinajstić information content (AvgIpc) is 2.46. The molecule has 20 heavy (non-hydrogen) atoms. The topological polar surface area (TPSA) is 67.8 Å². The minimum atomic E-state index is -0.539. The minimum Gasteiger partial charge on any atom is -0.299 e. The highest BCUT2D eigenvalue weighted by Crippen LogP contribution is 2.03. The fourth-order valence-electron chi connectivity index (χ4n) is 1.97. The number of hydrogen-bond acceptors (Lipinski definition) is 3. The van der Waals surface area contributed by atoms with E-state index in [1.807, 2.05) is 37.3 Å². The van der Waals surface area contributed by atoms with Crippen molar-refractivity contribution in [2.75, 3.05) is 0 Å². The van der Waals surface area contributed by atoms with Gasteiger partial charge in [0.1, 0.15) is 11.6 Å². The van der Waals surface area contributed by atoms with E-state index in [1.165, 1.54) is 10.8 Å². The molecule has 5 heteroatoms. The maximum atomic E-state index is 12.2. The number of aromatic nitrogens is 2. The van der Waals surface area contributed by atoms with Crippen molar-refractivity contribution in [1.29, 1.82) is 5.26 Å². The first kappa shape index (κ1) is 13.8. The van der Waals surface area contributed by atoms with Gasteiger partial charge in [0.2, 0.25) is 0 Å². The van der Waals surface area contributed by atoms with Crippen LogP contribution in [0.25, 0.3) is 0 Å². The van der Waals surface area contributed by atoms with Gasteiger partial charge in [0.15, 0.2) is 0 Å². The van der Waals surface area contributed by atoms with Crippen LogP contribution in [0.2, 0.25) is 0 Å². The molecule has 1 aromatic carbocycles. The van der Waals surface area contributed by atoms with E-state index in [-0.39, 0.29) is 12.1 Å². The lowest BCUT2D eigenvalue weighted by atomic mass is 10.1. The molecule has 1 heterocycles. The summed E-state index contributed by atoms with van der Waals surface area (Å²) in [5.41, 5.74) is 1.02. The van der Waals surface area contributed by atoms with Crippen LogP contribution in [0.15, 0.2) is 40.1 Å². The fourth-order valence-corrected chi connectivity index (χ4v) is 1.97. The van der Waals surface area contributed by atoms with Crippen molar-refractivity contribution in [3.05, 3.63) is 68.0 Å². The second kappa shape index (κ2) is 5.57. The summed E-state index contributed by atoms with van der Waals surface area (Å²) in [5, 5.41) is 8.98. The van der Waals surface area contributed by atoms with Crippen molar-refractivity contribution >= 4 is 0 Å². The molecular formula is C15H15N3O2. The lowest BCUT2D eigenvalue weighted by Crippen LogP contribution is -2.40. The third kappa shape index (κ3) is 2.54. The molecule has 0 bridgehead atoms. The molecule has 0 N–H and O–H groups in total. The van der Waals surface area contributed by atoms with E-state index in [4.69, 9.17) is 5.26 Å². The average molecular weight is 269 g/mol. The quantitative estimate of drug-likeness (QED) is 0.842. The Morgan fingerprint density at radius 2 is 1.85 bits per heavy atom. The van der Waals surface area contributed by atoms with E-state index in [2.05, 4.69) is 0 Å². The molecule has 102 valence electrons. The van der Waals surface area contributed by atoms with Crippen LogP contribution in [-0.4, -0.2) is 9.13 Å². The molecule has 0 radical (unpaired) electrons. The third-order valence-electron chi connectivity index (χ3n) is 3.16. The van der Waals surface area contributed by atoms with E-state index >= 15 is 0 Å². The zero-order chi connectivity index (χ0) is 14.7. The molecule has 0 aliphatic rings. The lowest BCUT2D eigenvalue weighted by Gasteiger charge is -2.09. The number of nitrogens with zero attached hydrogens (tertiary/aromatic N) is 3. The highest BCUT2D eigenvalue weighted by molar-refractivity contribution is 5.25. The Labute approximate surface area is 116 Å². The predicted molar refractivity (Wildman–Crippen MR) is 75.6 cm³/mol. The van der Waals surface area contributed by atoms with Crippen molar-refractivity contribution in [2.45, 2.75) is 26.9 Å². The van der Waals surface area contributed by atoms with Gasteiger partial charge in [-0.2, -0.15) is 5.26 Å². The van der Waals surface area contributed by atoms with Crippen LogP contribution in [-0.2, 0) is 13.1 Å². The van der Waals surface area contributed by atoms with Crippen molar-refractivity contribution in [3.63, 3.8) is 0 Å². The number of hydrogen-bond donors (Lipinski definition) is 0. The summed E-state index contributed by atoms with van der Waals surface area (Å²) in [5.74, 6) is 0. The summed E-state index contributed by atoms with van der Waals surface area (Å²) >= 11 is 0. The maximum Gasteiger partial charge on any atom is 0.331 e. The molecule has 0 aliphatic heterocycles. The van der Waals surface area contributed by atoms with Gasteiger partial charge in [-0.15, -0.1) is 0 Å². The van der Waals surface area contributed by atoms with Crippen molar-refractivity contribution in [1.82, 2.24) is 9.13 Å². The summed E-state index contributed by atoms with van der Waals surface area (Å²) in [4.78, 5) is 24.3. The molecule has 0 spiro atoms. The van der Waals surface area contributed by atoms with Crippen molar-refractivity contribution < 1.29 is 0 Å². The minimum absolute atomic E-state index is 0.0152. The monoisotopic (exact) mass is 269 g/mol. The SMILES string of the molecule is CCn1cc(C#N)c(=O)n(Cc2ccc(C)cc2)c1=O. The molecule has 2 aromatic rings. The standard InChI is InChI=1S/C15H15N3O2/c1-3-17-10-13(8-16)14(19)18(15(17)20)9-12-6-4-11(2)5-7-12/h4-7,10H,3,9H2,1-2H3. The second-order valence-corrected chi connectivity index (χ2v) is 4.60. The zero-order valence-corrected chi connectivity index (χ0v) is 11.5. The molecule has 0 saturated carbocycles. The van der Waals surface area contributed by atoms with Gasteiger partial charge in [-0.25, -0.2) is 4.79 Å². The van der Waals surface area contributed by atoms with E-state index in [9.17, 15) is 9.59 Å². The van der Waals surface area contributed by atoms with Gasteiger partial charge in [-0.1, -0.05) is 29.8 Å². The van der Waals surface area contributed by atoms with Crippen LogP contribution in [0.4, 0.5) is 0 Å². The highest BCUT2D eigenvalue weighted by Gasteiger charge is 2.10. The van der Waals surface area contributed by atoms with Gasteiger partial charge in [0.05, 0.1) is 6.54 Å². The van der Waals surface area contributed by atoms with E-state index in [1.54, 1.807) is 6.92 Å². The van der Waals surface area contributed by atoms with Gasteiger partial charge in [0, 0.05) is 12.7 Å². The Bertz CT molecular complexity index is 777. The van der Waals surface area contributed by atoms with Crippen LogP contribution in [0.5, 0.6) is 0 Å². The molecule has 0 saturated heterocycles. The Kier molecular flexibility index (Phi) is 3.85. The van der Waals surface area contributed by atoms with Gasteiger partial charge in [-0.3, -0.25) is 13.9 Å². The Balaban J connectivity index is 2.56. The zero-order valence-electron chi connectivity index (χ0n) is 11.5. The molecule has 0 fully saturated rings. The smallest absolute Gasteiger partial charge is 0.299 e. The first-order chi connectivity index (χ1) is 9.56. The third-order valence-corrected chi connectivity index (χ3v) is 3.16. The molecular weight excluding hydrogens is 254 g/mol. The largest absolute Gasteiger partial charge is 0.331 e. The van der Waals surface area contributed by atoms with Crippen molar-refractivity contribution in [3.8, 4) is 6.07 Å². The Morgan fingerprint density at radius 3 is 2.40 bits per heavy atom. The number of rotatable bonds is 3. The molecule has 0 amide bonds. The number of benzene rings is 1. The predicted octanol–water partition coefficient (Wildman–Crippen LogP) is 1.26. The van der Waals surface area contributed by atoms with Gasteiger partial charge < -0.3 is 0 Å². The second-order valence-electron chi connectivity index (χ2n) is 4.60. The Hall–Kier alpha value is -2.61. The van der Waals surface area contributed by atoms with Crippen LogP contribution >= 0.6 is 0 Å². The first-order valence-corrected chi connectivity index (χ1v) is 6.36. The molecule has 2 rings (SSSR count).